The minimum absolute atomic E-state index is 0.0263. The molecule has 0 bridgehead atoms. The van der Waals surface area contributed by atoms with E-state index in [1.165, 1.54) is 23.9 Å². The van der Waals surface area contributed by atoms with Crippen LogP contribution in [-0.2, 0) is 21.4 Å². The van der Waals surface area contributed by atoms with Gasteiger partial charge in [-0.05, 0) is 17.7 Å². The fraction of sp³-hybridized carbons (Fsp3) is 0.316. The Bertz CT molecular complexity index is 983. The summed E-state index contributed by atoms with van der Waals surface area (Å²) >= 11 is 1.47. The van der Waals surface area contributed by atoms with Crippen LogP contribution in [0.2, 0.25) is 0 Å². The summed E-state index contributed by atoms with van der Waals surface area (Å²) in [6, 6.07) is 9.66. The molecule has 0 aliphatic carbocycles. The Hall–Kier alpha value is -2.43. The molecule has 29 heavy (non-hydrogen) atoms. The Morgan fingerprint density at radius 2 is 1.66 bits per heavy atom. The second kappa shape index (κ2) is 8.52. The molecular weight excluding hydrogens is 416 g/mol. The first kappa shape index (κ1) is 21.3. The number of nitrogens with zero attached hydrogens (tertiary/aromatic N) is 1. The Labute approximate surface area is 174 Å². The number of rotatable bonds is 7. The van der Waals surface area contributed by atoms with Crippen molar-refractivity contribution in [2.45, 2.75) is 16.8 Å². The Kier molecular flexibility index (Phi) is 6.25. The second-order valence-corrected chi connectivity index (χ2v) is 8.95. The average Bonchev–Trinajstić information content (AvgIpc) is 3.06. The lowest BCUT2D eigenvalue weighted by Crippen LogP contribution is -2.28. The smallest absolute Gasteiger partial charge is 0.238 e. The molecule has 8 nitrogen and oxygen atoms in total. The number of carbonyl (C=O) groups excluding carboxylic acids is 1. The number of methoxy groups -OCH3 is 3. The molecule has 0 radical (unpaired) electrons. The van der Waals surface area contributed by atoms with E-state index >= 15 is 0 Å². The molecular formula is C19H22N2O6S2. The average molecular weight is 439 g/mol. The lowest BCUT2D eigenvalue weighted by molar-refractivity contribution is -0.128. The van der Waals surface area contributed by atoms with E-state index < -0.39 is 10.0 Å². The maximum Gasteiger partial charge on any atom is 0.238 e. The summed E-state index contributed by atoms with van der Waals surface area (Å²) in [7, 11) is 0.891. The van der Waals surface area contributed by atoms with E-state index in [1.54, 1.807) is 50.5 Å². The minimum atomic E-state index is -3.77. The number of carbonyl (C=O) groups is 1. The molecule has 0 saturated carbocycles. The van der Waals surface area contributed by atoms with Gasteiger partial charge in [0.2, 0.25) is 15.9 Å². The first-order valence-electron chi connectivity index (χ1n) is 8.61. The fourth-order valence-corrected chi connectivity index (χ4v) is 4.87. The number of thioether (sulfide) groups is 1. The normalized spacial score (nSPS) is 16.8. The molecule has 10 heteroatoms. The van der Waals surface area contributed by atoms with Gasteiger partial charge in [-0.2, -0.15) is 0 Å². The van der Waals surface area contributed by atoms with Crippen LogP contribution >= 0.6 is 11.8 Å². The highest BCUT2D eigenvalue weighted by atomic mass is 32.2. The van der Waals surface area contributed by atoms with Crippen LogP contribution in [0.5, 0.6) is 17.2 Å². The number of benzene rings is 2. The molecule has 0 spiro atoms. The SMILES string of the molecule is COc1cc(OC)c(C2SCC(=O)N2Cc2ccc(S(N)(=O)=O)cc2)c(OC)c1. The van der Waals surface area contributed by atoms with Gasteiger partial charge in [-0.1, -0.05) is 12.1 Å². The van der Waals surface area contributed by atoms with Crippen molar-refractivity contribution in [3.05, 3.63) is 47.5 Å². The van der Waals surface area contributed by atoms with Crippen LogP contribution in [0.3, 0.4) is 0 Å². The Balaban J connectivity index is 1.95. The summed E-state index contributed by atoms with van der Waals surface area (Å²) < 4.78 is 39.3. The van der Waals surface area contributed by atoms with Crippen LogP contribution in [0.4, 0.5) is 0 Å². The van der Waals surface area contributed by atoms with Crippen LogP contribution < -0.4 is 19.3 Å². The van der Waals surface area contributed by atoms with Crippen molar-refractivity contribution >= 4 is 27.7 Å². The van der Waals surface area contributed by atoms with Crippen molar-refractivity contribution in [1.82, 2.24) is 4.90 Å². The van der Waals surface area contributed by atoms with Crippen molar-refractivity contribution in [2.24, 2.45) is 5.14 Å². The Morgan fingerprint density at radius 3 is 2.14 bits per heavy atom. The molecule has 3 rings (SSSR count). The van der Waals surface area contributed by atoms with Crippen molar-refractivity contribution in [3.63, 3.8) is 0 Å². The van der Waals surface area contributed by atoms with Gasteiger partial charge in [0.05, 0.1) is 37.5 Å². The van der Waals surface area contributed by atoms with Gasteiger partial charge >= 0.3 is 0 Å². The Morgan fingerprint density at radius 1 is 1.07 bits per heavy atom. The zero-order chi connectivity index (χ0) is 21.2. The molecule has 1 aliphatic rings. The maximum absolute atomic E-state index is 12.6. The molecule has 1 heterocycles. The zero-order valence-corrected chi connectivity index (χ0v) is 17.9. The zero-order valence-electron chi connectivity index (χ0n) is 16.2. The van der Waals surface area contributed by atoms with E-state index in [9.17, 15) is 13.2 Å². The molecule has 1 amide bonds. The van der Waals surface area contributed by atoms with E-state index in [-0.39, 0.29) is 16.2 Å². The second-order valence-electron chi connectivity index (χ2n) is 6.32. The van der Waals surface area contributed by atoms with E-state index in [0.717, 1.165) is 11.1 Å². The highest BCUT2D eigenvalue weighted by Crippen LogP contribution is 2.48. The van der Waals surface area contributed by atoms with Crippen molar-refractivity contribution in [2.75, 3.05) is 27.1 Å². The molecule has 1 saturated heterocycles. The summed E-state index contributed by atoms with van der Waals surface area (Å²) in [6.45, 7) is 0.305. The predicted molar refractivity (Wildman–Crippen MR) is 110 cm³/mol. The van der Waals surface area contributed by atoms with Gasteiger partial charge in [-0.25, -0.2) is 13.6 Å². The first-order chi connectivity index (χ1) is 13.8. The number of hydrogen-bond acceptors (Lipinski definition) is 7. The number of sulfonamides is 1. The predicted octanol–water partition coefficient (Wildman–Crippen LogP) is 2.13. The highest BCUT2D eigenvalue weighted by molar-refractivity contribution is 8.00. The van der Waals surface area contributed by atoms with Gasteiger partial charge in [-0.3, -0.25) is 4.79 Å². The van der Waals surface area contributed by atoms with Gasteiger partial charge < -0.3 is 19.1 Å². The first-order valence-corrected chi connectivity index (χ1v) is 11.2. The van der Waals surface area contributed by atoms with Crippen molar-refractivity contribution in [3.8, 4) is 17.2 Å². The van der Waals surface area contributed by atoms with E-state index in [2.05, 4.69) is 0 Å². The van der Waals surface area contributed by atoms with E-state index in [1.807, 2.05) is 0 Å². The van der Waals surface area contributed by atoms with Crippen LogP contribution in [-0.4, -0.2) is 46.3 Å². The highest BCUT2D eigenvalue weighted by Gasteiger charge is 2.37. The molecule has 156 valence electrons. The van der Waals surface area contributed by atoms with Gasteiger partial charge in [0.15, 0.2) is 0 Å². The number of amides is 1. The van der Waals surface area contributed by atoms with E-state index in [0.29, 0.717) is 29.5 Å². The molecule has 1 fully saturated rings. The summed E-state index contributed by atoms with van der Waals surface area (Å²) in [6.07, 6.45) is 0. The molecule has 1 atom stereocenters. The molecule has 2 aromatic carbocycles. The van der Waals surface area contributed by atoms with E-state index in [4.69, 9.17) is 19.3 Å². The third kappa shape index (κ3) is 4.44. The van der Waals surface area contributed by atoms with Gasteiger partial charge in [0.1, 0.15) is 22.6 Å². The van der Waals surface area contributed by atoms with Crippen LogP contribution in [0, 0.1) is 0 Å². The van der Waals surface area contributed by atoms with Crippen LogP contribution in [0.15, 0.2) is 41.3 Å². The monoisotopic (exact) mass is 438 g/mol. The van der Waals surface area contributed by atoms with Gasteiger partial charge in [-0.15, -0.1) is 11.8 Å². The van der Waals surface area contributed by atoms with Crippen molar-refractivity contribution in [1.29, 1.82) is 0 Å². The number of hydrogen-bond donors (Lipinski definition) is 1. The minimum Gasteiger partial charge on any atom is -0.496 e. The summed E-state index contributed by atoms with van der Waals surface area (Å²) in [5, 5.41) is 4.82. The number of ether oxygens (including phenoxy) is 3. The summed E-state index contributed by atoms with van der Waals surface area (Å²) in [4.78, 5) is 14.3. The van der Waals surface area contributed by atoms with Gasteiger partial charge in [0, 0.05) is 18.7 Å². The molecule has 1 unspecified atom stereocenters. The maximum atomic E-state index is 12.6. The fourth-order valence-electron chi connectivity index (χ4n) is 3.12. The molecule has 1 aliphatic heterocycles. The lowest BCUT2D eigenvalue weighted by atomic mass is 10.1. The summed E-state index contributed by atoms with van der Waals surface area (Å²) in [5.74, 6) is 1.99. The molecule has 2 aromatic rings. The largest absolute Gasteiger partial charge is 0.496 e. The summed E-state index contributed by atoms with van der Waals surface area (Å²) in [5.41, 5.74) is 1.53. The third-order valence-electron chi connectivity index (χ3n) is 4.57. The standard InChI is InChI=1S/C19H22N2O6S2/c1-25-13-8-15(26-2)18(16(9-13)27-3)19-21(17(22)11-28-19)10-12-4-6-14(7-5-12)29(20,23)24/h4-9,19H,10-11H2,1-3H3,(H2,20,23,24). The van der Waals surface area contributed by atoms with Gasteiger partial charge in [0.25, 0.3) is 0 Å². The topological polar surface area (TPSA) is 108 Å². The van der Waals surface area contributed by atoms with Crippen LogP contribution in [0.25, 0.3) is 0 Å². The van der Waals surface area contributed by atoms with Crippen LogP contribution in [0.1, 0.15) is 16.5 Å². The van der Waals surface area contributed by atoms with Crippen molar-refractivity contribution < 1.29 is 27.4 Å². The molecule has 0 aromatic heterocycles. The third-order valence-corrected chi connectivity index (χ3v) is 6.72. The number of primary sulfonamides is 1. The lowest BCUT2D eigenvalue weighted by Gasteiger charge is -2.27. The molecule has 2 N–H and O–H groups in total. The number of nitrogens with two attached hydrogens (primary N) is 1. The quantitative estimate of drug-likeness (QED) is 0.705.